The van der Waals surface area contributed by atoms with Crippen LogP contribution in [0, 0.1) is 6.92 Å². The minimum atomic E-state index is 0.255. The highest BCUT2D eigenvalue weighted by molar-refractivity contribution is 5.61. The van der Waals surface area contributed by atoms with Crippen LogP contribution in [0.2, 0.25) is 0 Å². The van der Waals surface area contributed by atoms with Gasteiger partial charge in [-0.05, 0) is 39.5 Å². The van der Waals surface area contributed by atoms with Crippen molar-refractivity contribution in [3.8, 4) is 11.3 Å². The van der Waals surface area contributed by atoms with Crippen LogP contribution in [-0.4, -0.2) is 44.9 Å². The van der Waals surface area contributed by atoms with Crippen LogP contribution in [-0.2, 0) is 7.05 Å². The van der Waals surface area contributed by atoms with E-state index in [1.165, 1.54) is 5.56 Å². The molecule has 0 aliphatic rings. The maximum absolute atomic E-state index is 4.48. The number of aromatic nitrogens is 4. The highest BCUT2D eigenvalue weighted by Crippen LogP contribution is 2.30. The van der Waals surface area contributed by atoms with Gasteiger partial charge in [0.1, 0.15) is 0 Å². The largest absolute Gasteiger partial charge is 0.323 e. The van der Waals surface area contributed by atoms with Gasteiger partial charge in [0, 0.05) is 18.8 Å². The molecule has 126 valence electrons. The van der Waals surface area contributed by atoms with E-state index in [0.717, 1.165) is 29.9 Å². The first-order valence-corrected chi connectivity index (χ1v) is 8.28. The molecule has 3 rings (SSSR count). The molecule has 0 saturated heterocycles. The van der Waals surface area contributed by atoms with E-state index in [0.29, 0.717) is 0 Å². The van der Waals surface area contributed by atoms with Crippen molar-refractivity contribution >= 4 is 0 Å². The number of aryl methyl sites for hydroxylation is 2. The lowest BCUT2D eigenvalue weighted by Crippen LogP contribution is -2.20. The smallest absolute Gasteiger partial charge is 0.0956 e. The Morgan fingerprint density at radius 3 is 2.54 bits per heavy atom. The lowest BCUT2D eigenvalue weighted by molar-refractivity contribution is 0.367. The van der Waals surface area contributed by atoms with Crippen molar-refractivity contribution in [2.45, 2.75) is 19.4 Å². The molecule has 0 aliphatic heterocycles. The predicted molar refractivity (Wildman–Crippen MR) is 96.9 cm³/mol. The molecule has 0 unspecified atom stereocenters. The molecule has 24 heavy (non-hydrogen) atoms. The standard InChI is InChI=1S/C19H25N5/c1-15-17(13-23(4)21-15)19-12-20-14-24(19)18(10-11-22(2)3)16-8-6-5-7-9-16/h5-9,12-14,18H,10-11H2,1-4H3/t18-/m1/s1. The molecular weight excluding hydrogens is 298 g/mol. The van der Waals surface area contributed by atoms with E-state index in [9.17, 15) is 0 Å². The highest BCUT2D eigenvalue weighted by Gasteiger charge is 2.19. The van der Waals surface area contributed by atoms with Gasteiger partial charge in [-0.3, -0.25) is 4.68 Å². The van der Waals surface area contributed by atoms with Crippen LogP contribution in [0.4, 0.5) is 0 Å². The Kier molecular flexibility index (Phi) is 4.81. The second-order valence-electron chi connectivity index (χ2n) is 6.51. The summed E-state index contributed by atoms with van der Waals surface area (Å²) in [5.41, 5.74) is 4.59. The topological polar surface area (TPSA) is 38.9 Å². The van der Waals surface area contributed by atoms with E-state index in [1.54, 1.807) is 0 Å². The van der Waals surface area contributed by atoms with E-state index in [4.69, 9.17) is 0 Å². The van der Waals surface area contributed by atoms with Crippen LogP contribution in [0.5, 0.6) is 0 Å². The van der Waals surface area contributed by atoms with E-state index < -0.39 is 0 Å². The van der Waals surface area contributed by atoms with E-state index in [1.807, 2.05) is 31.2 Å². The van der Waals surface area contributed by atoms with E-state index >= 15 is 0 Å². The summed E-state index contributed by atoms with van der Waals surface area (Å²) in [5.74, 6) is 0. The lowest BCUT2D eigenvalue weighted by atomic mass is 10.0. The molecule has 1 aromatic carbocycles. The Morgan fingerprint density at radius 2 is 1.92 bits per heavy atom. The lowest BCUT2D eigenvalue weighted by Gasteiger charge is -2.23. The van der Waals surface area contributed by atoms with Crippen molar-refractivity contribution in [3.63, 3.8) is 0 Å². The van der Waals surface area contributed by atoms with Crippen molar-refractivity contribution in [2.75, 3.05) is 20.6 Å². The second kappa shape index (κ2) is 7.01. The summed E-state index contributed by atoms with van der Waals surface area (Å²) in [6.07, 6.45) is 6.97. The zero-order valence-corrected chi connectivity index (χ0v) is 14.8. The molecule has 5 heteroatoms. The predicted octanol–water partition coefficient (Wildman–Crippen LogP) is 3.13. The maximum Gasteiger partial charge on any atom is 0.0956 e. The van der Waals surface area contributed by atoms with E-state index in [-0.39, 0.29) is 6.04 Å². The molecule has 2 aromatic heterocycles. The second-order valence-corrected chi connectivity index (χ2v) is 6.51. The molecule has 3 aromatic rings. The molecule has 5 nitrogen and oxygen atoms in total. The number of nitrogens with zero attached hydrogens (tertiary/aromatic N) is 5. The van der Waals surface area contributed by atoms with Crippen LogP contribution < -0.4 is 0 Å². The van der Waals surface area contributed by atoms with Gasteiger partial charge in [0.25, 0.3) is 0 Å². The van der Waals surface area contributed by atoms with Gasteiger partial charge in [0.15, 0.2) is 0 Å². The quantitative estimate of drug-likeness (QED) is 0.699. The molecule has 0 saturated carbocycles. The molecule has 0 radical (unpaired) electrons. The van der Waals surface area contributed by atoms with E-state index in [2.05, 4.69) is 70.2 Å². The minimum absolute atomic E-state index is 0.255. The van der Waals surface area contributed by atoms with Gasteiger partial charge in [0.05, 0.1) is 30.0 Å². The number of imidazole rings is 1. The average Bonchev–Trinajstić information content (AvgIpc) is 3.14. The number of benzene rings is 1. The highest BCUT2D eigenvalue weighted by atomic mass is 15.3. The summed E-state index contributed by atoms with van der Waals surface area (Å²) in [6.45, 7) is 3.06. The minimum Gasteiger partial charge on any atom is -0.323 e. The third kappa shape index (κ3) is 3.41. The van der Waals surface area contributed by atoms with Crippen LogP contribution in [0.1, 0.15) is 23.7 Å². The van der Waals surface area contributed by atoms with Gasteiger partial charge < -0.3 is 9.47 Å². The van der Waals surface area contributed by atoms with Crippen LogP contribution in [0.25, 0.3) is 11.3 Å². The van der Waals surface area contributed by atoms with Gasteiger partial charge in [-0.1, -0.05) is 30.3 Å². The first-order valence-electron chi connectivity index (χ1n) is 8.28. The fourth-order valence-corrected chi connectivity index (χ4v) is 3.13. The van der Waals surface area contributed by atoms with Gasteiger partial charge >= 0.3 is 0 Å². The Morgan fingerprint density at radius 1 is 1.17 bits per heavy atom. The number of hydrogen-bond donors (Lipinski definition) is 0. The SMILES string of the molecule is Cc1nn(C)cc1-c1cncn1[C@H](CCN(C)C)c1ccccc1. The summed E-state index contributed by atoms with van der Waals surface area (Å²) < 4.78 is 4.14. The first kappa shape index (κ1) is 16.5. The zero-order chi connectivity index (χ0) is 17.1. The van der Waals surface area contributed by atoms with Crippen LogP contribution >= 0.6 is 0 Å². The zero-order valence-electron chi connectivity index (χ0n) is 14.8. The Hall–Kier alpha value is -2.40. The normalized spacial score (nSPS) is 12.7. The van der Waals surface area contributed by atoms with Crippen molar-refractivity contribution < 1.29 is 0 Å². The Bertz CT molecular complexity index is 785. The fraction of sp³-hybridized carbons (Fsp3) is 0.368. The summed E-state index contributed by atoms with van der Waals surface area (Å²) >= 11 is 0. The van der Waals surface area contributed by atoms with Gasteiger partial charge in [-0.25, -0.2) is 4.98 Å². The average molecular weight is 323 g/mol. The van der Waals surface area contributed by atoms with Gasteiger partial charge in [-0.15, -0.1) is 0 Å². The Balaban J connectivity index is 2.03. The molecule has 0 N–H and O–H groups in total. The summed E-state index contributed by atoms with van der Waals surface area (Å²) in [7, 11) is 6.18. The molecule has 0 spiro atoms. The monoisotopic (exact) mass is 323 g/mol. The van der Waals surface area contributed by atoms with Crippen LogP contribution in [0.3, 0.4) is 0 Å². The maximum atomic E-state index is 4.48. The molecule has 0 bridgehead atoms. The van der Waals surface area contributed by atoms with Crippen molar-refractivity contribution in [1.82, 2.24) is 24.2 Å². The summed E-state index contributed by atoms with van der Waals surface area (Å²) in [4.78, 5) is 6.66. The molecule has 2 heterocycles. The van der Waals surface area contributed by atoms with Crippen molar-refractivity contribution in [1.29, 1.82) is 0 Å². The molecule has 0 aliphatic carbocycles. The molecular formula is C19H25N5. The molecule has 0 amide bonds. The third-order valence-corrected chi connectivity index (χ3v) is 4.33. The first-order chi connectivity index (χ1) is 11.6. The van der Waals surface area contributed by atoms with Gasteiger partial charge in [-0.2, -0.15) is 5.10 Å². The van der Waals surface area contributed by atoms with Crippen LogP contribution in [0.15, 0.2) is 49.1 Å². The van der Waals surface area contributed by atoms with Gasteiger partial charge in [0.2, 0.25) is 0 Å². The molecule has 0 fully saturated rings. The summed E-state index contributed by atoms with van der Waals surface area (Å²) in [5, 5.41) is 4.48. The number of hydrogen-bond acceptors (Lipinski definition) is 3. The Labute approximate surface area is 143 Å². The fourth-order valence-electron chi connectivity index (χ4n) is 3.13. The van der Waals surface area contributed by atoms with Crippen molar-refractivity contribution in [2.24, 2.45) is 7.05 Å². The molecule has 1 atom stereocenters. The third-order valence-electron chi connectivity index (χ3n) is 4.33. The van der Waals surface area contributed by atoms with Crippen molar-refractivity contribution in [3.05, 3.63) is 60.3 Å². The number of rotatable bonds is 6. The summed E-state index contributed by atoms with van der Waals surface area (Å²) in [6, 6.07) is 10.9.